The summed E-state index contributed by atoms with van der Waals surface area (Å²) in [5, 5.41) is 24.9. The molecule has 2 unspecified atom stereocenters. The Morgan fingerprint density at radius 3 is 3.00 bits per heavy atom. The molecule has 0 fully saturated rings. The second-order valence-electron chi connectivity index (χ2n) is 3.55. The van der Waals surface area contributed by atoms with E-state index in [0.717, 1.165) is 5.69 Å². The van der Waals surface area contributed by atoms with Gasteiger partial charge in [0.15, 0.2) is 5.65 Å². The summed E-state index contributed by atoms with van der Waals surface area (Å²) in [6.45, 7) is 3.88. The molecule has 0 aromatic carbocycles. The molecule has 80 valence electrons. The summed E-state index contributed by atoms with van der Waals surface area (Å²) >= 11 is 0. The molecule has 0 bridgehead atoms. The predicted octanol–water partition coefficient (Wildman–Crippen LogP) is 0.394. The average Bonchev–Trinajstić information content (AvgIpc) is 2.73. The molecule has 2 heterocycles. The minimum atomic E-state index is -0.383. The summed E-state index contributed by atoms with van der Waals surface area (Å²) in [5.41, 5.74) is 1.40. The van der Waals surface area contributed by atoms with Gasteiger partial charge >= 0.3 is 0 Å². The third kappa shape index (κ3) is 1.80. The first-order valence-corrected chi connectivity index (χ1v) is 4.95. The lowest BCUT2D eigenvalue weighted by Gasteiger charge is -2.15. The van der Waals surface area contributed by atoms with Gasteiger partial charge in [0.1, 0.15) is 0 Å². The lowest BCUT2D eigenvalue weighted by molar-refractivity contribution is 0.143. The first-order chi connectivity index (χ1) is 7.22. The van der Waals surface area contributed by atoms with Crippen molar-refractivity contribution in [3.63, 3.8) is 0 Å². The number of hydrogen-bond donors (Lipinski definition) is 1. The van der Waals surface area contributed by atoms with E-state index in [-0.39, 0.29) is 12.0 Å². The Balaban J connectivity index is 2.35. The van der Waals surface area contributed by atoms with Crippen LogP contribution >= 0.6 is 0 Å². The predicted molar refractivity (Wildman–Crippen MR) is 53.3 cm³/mol. The summed E-state index contributed by atoms with van der Waals surface area (Å²) in [6, 6.07) is 3.64. The van der Waals surface area contributed by atoms with Crippen molar-refractivity contribution < 1.29 is 5.11 Å². The molecular weight excluding hydrogens is 194 g/mol. The molecule has 0 spiro atoms. The number of fused-ring (bicyclic) bond motifs is 1. The van der Waals surface area contributed by atoms with Crippen LogP contribution in [0.4, 0.5) is 0 Å². The quantitative estimate of drug-likeness (QED) is 0.788. The van der Waals surface area contributed by atoms with E-state index in [0.29, 0.717) is 12.1 Å². The molecule has 0 aliphatic heterocycles. The van der Waals surface area contributed by atoms with Crippen molar-refractivity contribution in [2.24, 2.45) is 0 Å². The van der Waals surface area contributed by atoms with E-state index in [1.807, 2.05) is 19.9 Å². The molecule has 1 N–H and O–H groups in total. The Morgan fingerprint density at radius 1 is 1.47 bits per heavy atom. The van der Waals surface area contributed by atoms with Crippen LogP contribution in [0.3, 0.4) is 0 Å². The normalized spacial score (nSPS) is 15.4. The van der Waals surface area contributed by atoms with Crippen LogP contribution in [0.15, 0.2) is 12.1 Å². The Morgan fingerprint density at radius 2 is 2.27 bits per heavy atom. The van der Waals surface area contributed by atoms with Crippen LogP contribution in [-0.4, -0.2) is 36.5 Å². The number of hydrogen-bond acceptors (Lipinski definition) is 5. The van der Waals surface area contributed by atoms with Gasteiger partial charge in [0.25, 0.3) is 0 Å². The van der Waals surface area contributed by atoms with E-state index in [1.165, 1.54) is 4.63 Å². The van der Waals surface area contributed by atoms with Crippen LogP contribution in [-0.2, 0) is 0 Å². The van der Waals surface area contributed by atoms with E-state index >= 15 is 0 Å². The number of aliphatic hydroxyl groups is 1. The summed E-state index contributed by atoms with van der Waals surface area (Å²) in [7, 11) is 0. The molecule has 0 aliphatic rings. The van der Waals surface area contributed by atoms with E-state index in [4.69, 9.17) is 0 Å². The van der Waals surface area contributed by atoms with E-state index < -0.39 is 0 Å². The van der Waals surface area contributed by atoms with Gasteiger partial charge < -0.3 is 5.11 Å². The highest BCUT2D eigenvalue weighted by Crippen LogP contribution is 2.18. The summed E-state index contributed by atoms with van der Waals surface area (Å²) in [4.78, 5) is 0. The van der Waals surface area contributed by atoms with Gasteiger partial charge in [0.05, 0.1) is 11.8 Å². The van der Waals surface area contributed by atoms with E-state index in [1.54, 1.807) is 6.07 Å². The largest absolute Gasteiger partial charge is 0.392 e. The Bertz CT molecular complexity index is 454. The Hall–Kier alpha value is -1.56. The Labute approximate surface area is 86.9 Å². The van der Waals surface area contributed by atoms with Crippen LogP contribution in [0.2, 0.25) is 0 Å². The monoisotopic (exact) mass is 207 g/mol. The number of aliphatic hydroxyl groups excluding tert-OH is 1. The maximum atomic E-state index is 9.70. The summed E-state index contributed by atoms with van der Waals surface area (Å²) < 4.78 is 1.37. The second kappa shape index (κ2) is 3.90. The van der Waals surface area contributed by atoms with Crippen molar-refractivity contribution in [2.45, 2.75) is 32.3 Å². The molecule has 2 aromatic heterocycles. The molecule has 2 aromatic rings. The first-order valence-electron chi connectivity index (χ1n) is 4.95. The second-order valence-corrected chi connectivity index (χ2v) is 3.55. The summed E-state index contributed by atoms with van der Waals surface area (Å²) in [5.74, 6) is -0.0106. The van der Waals surface area contributed by atoms with Crippen molar-refractivity contribution in [2.75, 3.05) is 0 Å². The molecular formula is C9H13N5O. The van der Waals surface area contributed by atoms with Gasteiger partial charge in [-0.05, 0) is 29.0 Å². The molecule has 0 radical (unpaired) electrons. The van der Waals surface area contributed by atoms with E-state index in [9.17, 15) is 5.11 Å². The standard InChI is InChI=1S/C9H13N5O/c1-3-8(15)6(2)7-4-5-9-10-12-13-14(9)11-7/h4-6,8,15H,3H2,1-2H3. The molecule has 0 aliphatic carbocycles. The van der Waals surface area contributed by atoms with E-state index in [2.05, 4.69) is 20.6 Å². The van der Waals surface area contributed by atoms with Crippen molar-refractivity contribution in [1.29, 1.82) is 0 Å². The number of nitrogens with zero attached hydrogens (tertiary/aromatic N) is 5. The van der Waals surface area contributed by atoms with Gasteiger partial charge in [-0.3, -0.25) is 0 Å². The van der Waals surface area contributed by atoms with Crippen molar-refractivity contribution in [3.8, 4) is 0 Å². The topological polar surface area (TPSA) is 76.2 Å². The van der Waals surface area contributed by atoms with Gasteiger partial charge in [-0.2, -0.15) is 5.10 Å². The van der Waals surface area contributed by atoms with Gasteiger partial charge in [-0.1, -0.05) is 13.8 Å². The molecule has 0 saturated carbocycles. The minimum Gasteiger partial charge on any atom is -0.392 e. The van der Waals surface area contributed by atoms with Gasteiger partial charge in [0, 0.05) is 5.92 Å². The van der Waals surface area contributed by atoms with Crippen molar-refractivity contribution >= 4 is 5.65 Å². The molecule has 0 amide bonds. The lowest BCUT2D eigenvalue weighted by Crippen LogP contribution is -2.16. The fourth-order valence-corrected chi connectivity index (χ4v) is 1.46. The maximum absolute atomic E-state index is 9.70. The minimum absolute atomic E-state index is 0.0106. The molecule has 15 heavy (non-hydrogen) atoms. The van der Waals surface area contributed by atoms with Crippen LogP contribution in [0.5, 0.6) is 0 Å². The van der Waals surface area contributed by atoms with Crippen molar-refractivity contribution in [1.82, 2.24) is 25.3 Å². The van der Waals surface area contributed by atoms with Gasteiger partial charge in [0.2, 0.25) is 0 Å². The summed E-state index contributed by atoms with van der Waals surface area (Å²) in [6.07, 6.45) is 0.322. The first kappa shape index (κ1) is 9.97. The number of rotatable bonds is 3. The molecule has 2 rings (SSSR count). The molecule has 6 nitrogen and oxygen atoms in total. The van der Waals surface area contributed by atoms with Crippen LogP contribution in [0.1, 0.15) is 31.9 Å². The third-order valence-corrected chi connectivity index (χ3v) is 2.55. The highest BCUT2D eigenvalue weighted by atomic mass is 16.3. The molecule has 6 heteroatoms. The zero-order valence-corrected chi connectivity index (χ0v) is 8.70. The van der Waals surface area contributed by atoms with Crippen LogP contribution in [0, 0.1) is 0 Å². The lowest BCUT2D eigenvalue weighted by atomic mass is 9.99. The fourth-order valence-electron chi connectivity index (χ4n) is 1.46. The average molecular weight is 207 g/mol. The van der Waals surface area contributed by atoms with Crippen LogP contribution < -0.4 is 0 Å². The highest BCUT2D eigenvalue weighted by molar-refractivity contribution is 5.33. The SMILES string of the molecule is CCC(O)C(C)c1ccc2nnnn2n1. The number of tetrazole rings is 1. The fraction of sp³-hybridized carbons (Fsp3) is 0.556. The zero-order valence-electron chi connectivity index (χ0n) is 8.70. The van der Waals surface area contributed by atoms with Gasteiger partial charge in [-0.15, -0.1) is 9.73 Å². The van der Waals surface area contributed by atoms with Crippen molar-refractivity contribution in [3.05, 3.63) is 17.8 Å². The highest BCUT2D eigenvalue weighted by Gasteiger charge is 2.16. The Kier molecular flexibility index (Phi) is 2.59. The van der Waals surface area contributed by atoms with Gasteiger partial charge in [-0.25, -0.2) is 0 Å². The maximum Gasteiger partial charge on any atom is 0.199 e. The van der Waals surface area contributed by atoms with Crippen LogP contribution in [0.25, 0.3) is 5.65 Å². The third-order valence-electron chi connectivity index (χ3n) is 2.55. The molecule has 0 saturated heterocycles. The molecule has 2 atom stereocenters. The zero-order chi connectivity index (χ0) is 10.8. The smallest absolute Gasteiger partial charge is 0.199 e. The number of aromatic nitrogens is 5.